The first-order valence-corrected chi connectivity index (χ1v) is 8.61. The Morgan fingerprint density at radius 2 is 1.50 bits per heavy atom. The van der Waals surface area contributed by atoms with Gasteiger partial charge in [0.2, 0.25) is 0 Å². The maximum Gasteiger partial charge on any atom is 0.575 e. The molecule has 0 aromatic carbocycles. The molecule has 5 nitrogen and oxygen atoms in total. The summed E-state index contributed by atoms with van der Waals surface area (Å²) in [6.07, 6.45) is -9.38. The van der Waals surface area contributed by atoms with Gasteiger partial charge in [-0.1, -0.05) is 18.6 Å². The Bertz CT molecular complexity index is 727. The lowest BCUT2D eigenvalue weighted by molar-refractivity contribution is -0.309. The lowest BCUT2D eigenvalue weighted by Gasteiger charge is -2.29. The summed E-state index contributed by atoms with van der Waals surface area (Å²) in [5, 5.41) is 0. The number of carbonyl (C=O) groups excluding carboxylic acids is 3. The van der Waals surface area contributed by atoms with Crippen LogP contribution in [-0.2, 0) is 23.9 Å². The Kier molecular flexibility index (Phi) is 4.78. The lowest BCUT2D eigenvalue weighted by atomic mass is 9.75. The molecule has 0 N–H and O–H groups in total. The number of allylic oxidation sites excluding steroid dienone is 1. The highest BCUT2D eigenvalue weighted by Crippen LogP contribution is 2.67. The smallest absolute Gasteiger partial charge is 0.373 e. The van der Waals surface area contributed by atoms with Gasteiger partial charge in [0, 0.05) is 11.8 Å². The molecule has 28 heavy (non-hydrogen) atoms. The van der Waals surface area contributed by atoms with Crippen LogP contribution in [0.15, 0.2) is 12.2 Å². The molecule has 0 heterocycles. The van der Waals surface area contributed by atoms with Gasteiger partial charge in [0.25, 0.3) is 0 Å². The molecule has 3 fully saturated rings. The van der Waals surface area contributed by atoms with Crippen LogP contribution < -0.4 is 0 Å². The third-order valence-electron chi connectivity index (χ3n) is 5.99. The molecular weight excluding hydrogens is 398 g/mol. The average molecular weight is 414 g/mol. The van der Waals surface area contributed by atoms with E-state index in [2.05, 4.69) is 16.1 Å². The van der Waals surface area contributed by atoms with Crippen molar-refractivity contribution >= 4 is 17.7 Å². The van der Waals surface area contributed by atoms with Gasteiger partial charge < -0.3 is 9.47 Å². The molecule has 5 atom stereocenters. The van der Waals surface area contributed by atoms with E-state index in [0.717, 1.165) is 0 Å². The number of alkyl halides is 6. The van der Waals surface area contributed by atoms with Gasteiger partial charge in [-0.2, -0.15) is 0 Å². The average Bonchev–Trinajstić information content (AvgIpc) is 2.96. The predicted molar refractivity (Wildman–Crippen MR) is 77.9 cm³/mol. The van der Waals surface area contributed by atoms with Crippen LogP contribution in [0, 0.1) is 29.1 Å². The molecule has 3 rings (SSSR count). The predicted octanol–water partition coefficient (Wildman–Crippen LogP) is 3.68. The van der Waals surface area contributed by atoms with Crippen molar-refractivity contribution in [3.63, 3.8) is 0 Å². The molecule has 3 aliphatic rings. The van der Waals surface area contributed by atoms with Crippen LogP contribution in [0.3, 0.4) is 0 Å². The van der Waals surface area contributed by atoms with Gasteiger partial charge in [-0.05, 0) is 31.6 Å². The second-order valence-corrected chi connectivity index (χ2v) is 7.34. The van der Waals surface area contributed by atoms with Crippen LogP contribution in [0.2, 0.25) is 0 Å². The molecule has 0 radical (unpaired) electrons. The van der Waals surface area contributed by atoms with Gasteiger partial charge in [-0.25, -0.2) is 0 Å². The number of esters is 2. The summed E-state index contributed by atoms with van der Waals surface area (Å²) in [6.45, 7) is 3.75. The molecule has 5 unspecified atom stereocenters. The van der Waals surface area contributed by atoms with E-state index in [-0.39, 0.29) is 31.3 Å². The fourth-order valence-electron chi connectivity index (χ4n) is 4.90. The summed E-state index contributed by atoms with van der Waals surface area (Å²) >= 11 is 0. The molecule has 0 aliphatic heterocycles. The van der Waals surface area contributed by atoms with Crippen LogP contribution in [0.1, 0.15) is 32.1 Å². The second kappa shape index (κ2) is 6.48. The molecule has 3 saturated carbocycles. The number of halogens is 6. The SMILES string of the molecule is C=C(C1CCCC1C(=O)OC(F)(F)F)C1CCC2C(=O)C12C(=O)OC(F)(F)F. The van der Waals surface area contributed by atoms with E-state index in [0.29, 0.717) is 6.42 Å². The van der Waals surface area contributed by atoms with Crippen LogP contribution in [-0.4, -0.2) is 30.4 Å². The minimum absolute atomic E-state index is 0.0860. The first-order valence-electron chi connectivity index (χ1n) is 8.61. The minimum atomic E-state index is -5.26. The fraction of sp³-hybridized carbons (Fsp3) is 0.706. The van der Waals surface area contributed by atoms with Crippen molar-refractivity contribution in [3.8, 4) is 0 Å². The molecule has 156 valence electrons. The largest absolute Gasteiger partial charge is 0.575 e. The molecule has 0 saturated heterocycles. The molecule has 3 aliphatic carbocycles. The van der Waals surface area contributed by atoms with Crippen molar-refractivity contribution in [3.05, 3.63) is 12.2 Å². The topological polar surface area (TPSA) is 69.7 Å². The van der Waals surface area contributed by atoms with Gasteiger partial charge in [0.15, 0.2) is 5.78 Å². The van der Waals surface area contributed by atoms with Gasteiger partial charge in [-0.3, -0.25) is 14.4 Å². The summed E-state index contributed by atoms with van der Waals surface area (Å²) in [4.78, 5) is 36.1. The van der Waals surface area contributed by atoms with Crippen LogP contribution >= 0.6 is 0 Å². The van der Waals surface area contributed by atoms with Crippen LogP contribution in [0.25, 0.3) is 0 Å². The summed E-state index contributed by atoms with van der Waals surface area (Å²) in [5.41, 5.74) is -1.87. The Hall–Kier alpha value is -2.07. The van der Waals surface area contributed by atoms with E-state index in [1.54, 1.807) is 0 Å². The summed E-state index contributed by atoms with van der Waals surface area (Å²) in [6, 6.07) is 0. The highest BCUT2D eigenvalue weighted by molar-refractivity contribution is 6.21. The van der Waals surface area contributed by atoms with Crippen molar-refractivity contribution in [2.45, 2.75) is 44.8 Å². The second-order valence-electron chi connectivity index (χ2n) is 7.34. The number of ketones is 1. The fourth-order valence-corrected chi connectivity index (χ4v) is 4.90. The van der Waals surface area contributed by atoms with Crippen molar-refractivity contribution in [2.24, 2.45) is 29.1 Å². The first-order chi connectivity index (χ1) is 12.8. The zero-order chi connectivity index (χ0) is 21.1. The molecule has 0 aromatic heterocycles. The van der Waals surface area contributed by atoms with E-state index in [1.165, 1.54) is 0 Å². The maximum atomic E-state index is 12.5. The summed E-state index contributed by atoms with van der Waals surface area (Å²) in [5.74, 6) is -7.84. The normalized spacial score (nSPS) is 34.7. The number of hydrogen-bond donors (Lipinski definition) is 0. The number of Topliss-reactive ketones (excluding diaryl/α,β-unsaturated/α-hetero) is 1. The van der Waals surface area contributed by atoms with E-state index in [4.69, 9.17) is 0 Å². The van der Waals surface area contributed by atoms with Gasteiger partial charge >= 0.3 is 24.7 Å². The lowest BCUT2D eigenvalue weighted by Crippen LogP contribution is -2.36. The maximum absolute atomic E-state index is 12.5. The number of hydrogen-bond acceptors (Lipinski definition) is 5. The van der Waals surface area contributed by atoms with E-state index in [1.807, 2.05) is 0 Å². The van der Waals surface area contributed by atoms with E-state index in [9.17, 15) is 40.7 Å². The number of ether oxygens (including phenoxy) is 2. The minimum Gasteiger partial charge on any atom is -0.373 e. The Balaban J connectivity index is 1.80. The summed E-state index contributed by atoms with van der Waals surface area (Å²) in [7, 11) is 0. The third-order valence-corrected chi connectivity index (χ3v) is 5.99. The first kappa shape index (κ1) is 20.7. The van der Waals surface area contributed by atoms with Crippen LogP contribution in [0.4, 0.5) is 26.3 Å². The number of rotatable bonds is 4. The molecular formula is C17H16F6O5. The van der Waals surface area contributed by atoms with E-state index < -0.39 is 59.5 Å². The standard InChI is InChI=1S/C17H16F6O5/c1-7(8-3-2-4-9(8)13(25)27-16(18,19)20)10-5-6-11-12(24)15(10,11)14(26)28-17(21,22)23/h8-11H,1-6H2. The third kappa shape index (κ3) is 3.39. The van der Waals surface area contributed by atoms with Gasteiger partial charge in [0.05, 0.1) is 5.92 Å². The quantitative estimate of drug-likeness (QED) is 0.304. The zero-order valence-electron chi connectivity index (χ0n) is 14.4. The monoisotopic (exact) mass is 414 g/mol. The number of fused-ring (bicyclic) bond motifs is 1. The van der Waals surface area contributed by atoms with E-state index >= 15 is 0 Å². The molecule has 0 amide bonds. The number of carbonyl (C=O) groups is 3. The summed E-state index contributed by atoms with van der Waals surface area (Å²) < 4.78 is 81.5. The molecule has 0 aromatic rings. The van der Waals surface area contributed by atoms with Crippen molar-refractivity contribution in [1.29, 1.82) is 0 Å². The van der Waals surface area contributed by atoms with Crippen LogP contribution in [0.5, 0.6) is 0 Å². The van der Waals surface area contributed by atoms with Gasteiger partial charge in [-0.15, -0.1) is 26.3 Å². The van der Waals surface area contributed by atoms with Crippen molar-refractivity contribution in [2.75, 3.05) is 0 Å². The van der Waals surface area contributed by atoms with Gasteiger partial charge in [0.1, 0.15) is 5.41 Å². The molecule has 0 bridgehead atoms. The van der Waals surface area contributed by atoms with Crippen molar-refractivity contribution < 1.29 is 50.2 Å². The highest BCUT2D eigenvalue weighted by atomic mass is 19.4. The highest BCUT2D eigenvalue weighted by Gasteiger charge is 2.78. The van der Waals surface area contributed by atoms with Crippen molar-refractivity contribution in [1.82, 2.24) is 0 Å². The Morgan fingerprint density at radius 3 is 2.04 bits per heavy atom. The molecule has 0 spiro atoms. The Morgan fingerprint density at radius 1 is 0.929 bits per heavy atom. The Labute approximate surface area is 155 Å². The molecule has 11 heteroatoms. The zero-order valence-corrected chi connectivity index (χ0v) is 14.4.